The number of nitrogens with zero attached hydrogens (tertiary/aromatic N) is 2. The van der Waals surface area contributed by atoms with E-state index in [1.807, 2.05) is 11.0 Å². The van der Waals surface area contributed by atoms with Gasteiger partial charge in [-0.1, -0.05) is 0 Å². The number of carbonyl (C=O) groups is 3. The Morgan fingerprint density at radius 3 is 2.47 bits per heavy atom. The summed E-state index contributed by atoms with van der Waals surface area (Å²) in [4.78, 5) is 41.5. The molecule has 0 saturated carbocycles. The lowest BCUT2D eigenvalue weighted by Gasteiger charge is -2.33. The minimum absolute atomic E-state index is 0.0145. The van der Waals surface area contributed by atoms with Crippen LogP contribution in [0.1, 0.15) is 35.4 Å². The van der Waals surface area contributed by atoms with Gasteiger partial charge < -0.3 is 19.0 Å². The Morgan fingerprint density at radius 1 is 1.10 bits per heavy atom. The molecule has 0 N–H and O–H groups in total. The lowest BCUT2D eigenvalue weighted by molar-refractivity contribution is -0.137. The van der Waals surface area contributed by atoms with E-state index in [1.165, 1.54) is 0 Å². The molecule has 158 valence electrons. The minimum atomic E-state index is -0.318. The van der Waals surface area contributed by atoms with E-state index in [0.717, 1.165) is 5.75 Å². The number of ether oxygens (including phenoxy) is 1. The number of hydrogen-bond donors (Lipinski definition) is 0. The fourth-order valence-corrected chi connectivity index (χ4v) is 4.29. The summed E-state index contributed by atoms with van der Waals surface area (Å²) in [5, 5.41) is 0. The van der Waals surface area contributed by atoms with Gasteiger partial charge in [0, 0.05) is 37.5 Å². The molecule has 3 heterocycles. The molecule has 2 aliphatic heterocycles. The quantitative estimate of drug-likeness (QED) is 0.684. The van der Waals surface area contributed by atoms with Gasteiger partial charge in [-0.2, -0.15) is 0 Å². The van der Waals surface area contributed by atoms with Gasteiger partial charge in [0.1, 0.15) is 11.5 Å². The highest BCUT2D eigenvalue weighted by Crippen LogP contribution is 2.27. The lowest BCUT2D eigenvalue weighted by Crippen LogP contribution is -2.43. The molecule has 4 rings (SSSR count). The number of likely N-dealkylation sites (tertiary alicyclic amines) is 2. The molecule has 0 aliphatic carbocycles. The van der Waals surface area contributed by atoms with E-state index in [4.69, 9.17) is 9.15 Å². The molecule has 0 radical (unpaired) electrons. The Hall–Kier alpha value is -3.09. The number of rotatable bonds is 6. The first-order chi connectivity index (χ1) is 14.5. The van der Waals surface area contributed by atoms with E-state index in [-0.39, 0.29) is 35.9 Å². The Bertz CT molecular complexity index is 898. The van der Waals surface area contributed by atoms with Crippen molar-refractivity contribution in [2.45, 2.75) is 25.8 Å². The second kappa shape index (κ2) is 8.73. The predicted molar refractivity (Wildman–Crippen MR) is 109 cm³/mol. The van der Waals surface area contributed by atoms with Crippen LogP contribution in [0.2, 0.25) is 0 Å². The van der Waals surface area contributed by atoms with Crippen molar-refractivity contribution < 1.29 is 23.5 Å². The summed E-state index contributed by atoms with van der Waals surface area (Å²) in [7, 11) is 1.59. The molecule has 2 fully saturated rings. The molecule has 1 unspecified atom stereocenters. The Labute approximate surface area is 175 Å². The average molecular weight is 410 g/mol. The van der Waals surface area contributed by atoms with Gasteiger partial charge in [0.2, 0.25) is 11.8 Å². The fourth-order valence-electron chi connectivity index (χ4n) is 4.29. The van der Waals surface area contributed by atoms with Crippen molar-refractivity contribution in [1.82, 2.24) is 9.80 Å². The second-order valence-corrected chi connectivity index (χ2v) is 7.95. The maximum absolute atomic E-state index is 12.9. The second-order valence-electron chi connectivity index (χ2n) is 7.95. The van der Waals surface area contributed by atoms with Crippen molar-refractivity contribution in [2.24, 2.45) is 11.8 Å². The van der Waals surface area contributed by atoms with Crippen LogP contribution in [-0.2, 0) is 16.1 Å². The summed E-state index contributed by atoms with van der Waals surface area (Å²) in [6.07, 6.45) is 3.11. The predicted octanol–water partition coefficient (Wildman–Crippen LogP) is 2.76. The maximum atomic E-state index is 12.9. The molecule has 7 nitrogen and oxygen atoms in total. The van der Waals surface area contributed by atoms with Crippen molar-refractivity contribution in [3.8, 4) is 5.75 Å². The molecule has 2 aliphatic rings. The van der Waals surface area contributed by atoms with Crippen molar-refractivity contribution in [2.75, 3.05) is 26.7 Å². The van der Waals surface area contributed by atoms with Gasteiger partial charge in [0.05, 0.1) is 25.8 Å². The smallest absolute Gasteiger partial charge is 0.227 e. The van der Waals surface area contributed by atoms with Crippen LogP contribution >= 0.6 is 0 Å². The SMILES string of the molecule is COc1ccc(C(=O)C2CCN(C(=O)C3CC(=O)N(Cc4ccco4)C3)CC2)cc1. The van der Waals surface area contributed by atoms with Gasteiger partial charge in [-0.15, -0.1) is 0 Å². The van der Waals surface area contributed by atoms with E-state index in [1.54, 1.807) is 48.6 Å². The van der Waals surface area contributed by atoms with Crippen LogP contribution in [0.15, 0.2) is 47.1 Å². The molecular weight excluding hydrogens is 384 g/mol. The largest absolute Gasteiger partial charge is 0.497 e. The van der Waals surface area contributed by atoms with E-state index in [0.29, 0.717) is 50.3 Å². The molecule has 1 aromatic heterocycles. The van der Waals surface area contributed by atoms with Gasteiger partial charge in [-0.05, 0) is 49.2 Å². The number of ketones is 1. The summed E-state index contributed by atoms with van der Waals surface area (Å²) in [6.45, 7) is 1.92. The molecule has 1 atom stereocenters. The standard InChI is InChI=1S/C23H26N2O5/c1-29-19-6-4-16(5-7-19)22(27)17-8-10-24(11-9-17)23(28)18-13-21(26)25(14-18)15-20-3-2-12-30-20/h2-7,12,17-18H,8-11,13-15H2,1H3. The number of benzene rings is 1. The zero-order valence-electron chi connectivity index (χ0n) is 17.1. The zero-order valence-corrected chi connectivity index (χ0v) is 17.1. The molecule has 2 amide bonds. The van der Waals surface area contributed by atoms with Gasteiger partial charge in [0.25, 0.3) is 0 Å². The maximum Gasteiger partial charge on any atom is 0.227 e. The number of furan rings is 1. The molecule has 0 bridgehead atoms. The summed E-state index contributed by atoms with van der Waals surface area (Å²) in [5.74, 6) is 1.15. The van der Waals surface area contributed by atoms with Crippen LogP contribution in [0.3, 0.4) is 0 Å². The Morgan fingerprint density at radius 2 is 1.83 bits per heavy atom. The summed E-state index contributed by atoms with van der Waals surface area (Å²) in [5.41, 5.74) is 0.676. The van der Waals surface area contributed by atoms with E-state index < -0.39 is 0 Å². The van der Waals surface area contributed by atoms with Crippen LogP contribution in [0, 0.1) is 11.8 Å². The number of piperidine rings is 1. The first kappa shape index (κ1) is 20.2. The van der Waals surface area contributed by atoms with Crippen molar-refractivity contribution in [3.63, 3.8) is 0 Å². The van der Waals surface area contributed by atoms with Gasteiger partial charge in [-0.3, -0.25) is 14.4 Å². The van der Waals surface area contributed by atoms with Crippen molar-refractivity contribution in [1.29, 1.82) is 0 Å². The molecule has 1 aromatic carbocycles. The minimum Gasteiger partial charge on any atom is -0.497 e. The molecular formula is C23H26N2O5. The molecule has 0 spiro atoms. The number of hydrogen-bond acceptors (Lipinski definition) is 5. The number of amides is 2. The molecule has 30 heavy (non-hydrogen) atoms. The Balaban J connectivity index is 1.29. The van der Waals surface area contributed by atoms with Crippen LogP contribution in [0.25, 0.3) is 0 Å². The van der Waals surface area contributed by atoms with Gasteiger partial charge >= 0.3 is 0 Å². The summed E-state index contributed by atoms with van der Waals surface area (Å²) in [6, 6.07) is 10.8. The highest BCUT2D eigenvalue weighted by molar-refractivity contribution is 5.98. The van der Waals surface area contributed by atoms with Crippen LogP contribution < -0.4 is 4.74 Å². The molecule has 2 aromatic rings. The Kier molecular flexibility index (Phi) is 5.88. The van der Waals surface area contributed by atoms with E-state index in [2.05, 4.69) is 0 Å². The third-order valence-electron chi connectivity index (χ3n) is 6.04. The van der Waals surface area contributed by atoms with Crippen LogP contribution in [0.5, 0.6) is 5.75 Å². The monoisotopic (exact) mass is 410 g/mol. The summed E-state index contributed by atoms with van der Waals surface area (Å²) < 4.78 is 10.5. The first-order valence-corrected chi connectivity index (χ1v) is 10.3. The van der Waals surface area contributed by atoms with Gasteiger partial charge in [-0.25, -0.2) is 0 Å². The summed E-state index contributed by atoms with van der Waals surface area (Å²) >= 11 is 0. The lowest BCUT2D eigenvalue weighted by atomic mass is 9.88. The topological polar surface area (TPSA) is 80.1 Å². The fraction of sp³-hybridized carbons (Fsp3) is 0.435. The third kappa shape index (κ3) is 4.25. The van der Waals surface area contributed by atoms with Crippen molar-refractivity contribution in [3.05, 3.63) is 54.0 Å². The number of Topliss-reactive ketones (excluding diaryl/α,β-unsaturated/α-hetero) is 1. The van der Waals surface area contributed by atoms with E-state index >= 15 is 0 Å². The number of methoxy groups -OCH3 is 1. The first-order valence-electron chi connectivity index (χ1n) is 10.3. The average Bonchev–Trinajstić information content (AvgIpc) is 3.43. The van der Waals surface area contributed by atoms with Gasteiger partial charge in [0.15, 0.2) is 5.78 Å². The van der Waals surface area contributed by atoms with Crippen LogP contribution in [0.4, 0.5) is 0 Å². The van der Waals surface area contributed by atoms with Crippen molar-refractivity contribution >= 4 is 17.6 Å². The highest BCUT2D eigenvalue weighted by Gasteiger charge is 2.38. The van der Waals surface area contributed by atoms with E-state index in [9.17, 15) is 14.4 Å². The van der Waals surface area contributed by atoms with Crippen LogP contribution in [-0.4, -0.2) is 54.1 Å². The molecule has 2 saturated heterocycles. The molecule has 7 heteroatoms. The number of carbonyl (C=O) groups excluding carboxylic acids is 3. The highest BCUT2D eigenvalue weighted by atomic mass is 16.5. The zero-order chi connectivity index (χ0) is 21.1. The third-order valence-corrected chi connectivity index (χ3v) is 6.04. The normalized spacial score (nSPS) is 19.9.